The summed E-state index contributed by atoms with van der Waals surface area (Å²) < 4.78 is 49.8. The number of hydrogen-bond acceptors (Lipinski definition) is 5. The third kappa shape index (κ3) is 3.67. The number of hydrogen-bond donors (Lipinski definition) is 0. The summed E-state index contributed by atoms with van der Waals surface area (Å²) in [5, 5.41) is 11.3. The Bertz CT molecular complexity index is 900. The van der Waals surface area contributed by atoms with Crippen molar-refractivity contribution in [2.24, 2.45) is 0 Å². The highest BCUT2D eigenvalue weighted by Crippen LogP contribution is 2.34. The molecule has 0 fully saturated rings. The fraction of sp³-hybridized carbons (Fsp3) is 0.200. The van der Waals surface area contributed by atoms with E-state index in [0.29, 0.717) is 5.56 Å². The normalized spacial score (nSPS) is 11.3. The van der Waals surface area contributed by atoms with Crippen LogP contribution in [0.5, 0.6) is 0 Å². The molecular formula is C15H14F2N2O4S. The molecule has 0 unspecified atom stereocenters. The Kier molecular flexibility index (Phi) is 4.83. The van der Waals surface area contributed by atoms with Gasteiger partial charge < -0.3 is 4.90 Å². The lowest BCUT2D eigenvalue weighted by Gasteiger charge is -2.20. The van der Waals surface area contributed by atoms with Gasteiger partial charge in [0.05, 0.1) is 4.92 Å². The molecule has 0 saturated carbocycles. The van der Waals surface area contributed by atoms with Gasteiger partial charge in [0.25, 0.3) is 0 Å². The molecular weight excluding hydrogens is 342 g/mol. The number of sulfone groups is 1. The van der Waals surface area contributed by atoms with E-state index < -0.39 is 37.0 Å². The minimum Gasteiger partial charge on any atom is -0.365 e. The fourth-order valence-corrected chi connectivity index (χ4v) is 3.15. The van der Waals surface area contributed by atoms with Crippen molar-refractivity contribution in [2.75, 3.05) is 18.2 Å². The van der Waals surface area contributed by atoms with Gasteiger partial charge in [0.15, 0.2) is 21.5 Å². The van der Waals surface area contributed by atoms with Gasteiger partial charge >= 0.3 is 5.69 Å². The number of nitro groups is 1. The molecule has 0 aromatic heterocycles. The van der Waals surface area contributed by atoms with Gasteiger partial charge in [-0.3, -0.25) is 10.1 Å². The first-order chi connectivity index (χ1) is 11.1. The van der Waals surface area contributed by atoms with Crippen LogP contribution in [0.3, 0.4) is 0 Å². The summed E-state index contributed by atoms with van der Waals surface area (Å²) in [5.41, 5.74) is -0.104. The van der Waals surface area contributed by atoms with Gasteiger partial charge in [-0.25, -0.2) is 17.2 Å². The molecule has 0 amide bonds. The smallest absolute Gasteiger partial charge is 0.311 e. The summed E-state index contributed by atoms with van der Waals surface area (Å²) >= 11 is 0. The highest BCUT2D eigenvalue weighted by molar-refractivity contribution is 7.90. The quantitative estimate of drug-likeness (QED) is 0.608. The number of benzene rings is 2. The highest BCUT2D eigenvalue weighted by Gasteiger charge is 2.27. The number of nitro benzene ring substituents is 1. The summed E-state index contributed by atoms with van der Waals surface area (Å²) in [6.07, 6.45) is 0.883. The van der Waals surface area contributed by atoms with Gasteiger partial charge in [-0.15, -0.1) is 0 Å². The van der Waals surface area contributed by atoms with Crippen molar-refractivity contribution in [3.63, 3.8) is 0 Å². The van der Waals surface area contributed by atoms with Crippen LogP contribution >= 0.6 is 0 Å². The van der Waals surface area contributed by atoms with Crippen molar-refractivity contribution >= 4 is 21.2 Å². The van der Waals surface area contributed by atoms with Crippen LogP contribution in [0.1, 0.15) is 5.56 Å². The molecule has 0 radical (unpaired) electrons. The summed E-state index contributed by atoms with van der Waals surface area (Å²) in [5.74, 6) is -2.02. The molecule has 0 spiro atoms. The second kappa shape index (κ2) is 6.52. The van der Waals surface area contributed by atoms with Crippen LogP contribution in [-0.2, 0) is 16.4 Å². The zero-order valence-corrected chi connectivity index (χ0v) is 13.7. The van der Waals surface area contributed by atoms with E-state index in [1.165, 1.54) is 30.1 Å². The molecule has 6 nitrogen and oxygen atoms in total. The van der Waals surface area contributed by atoms with Gasteiger partial charge in [-0.1, -0.05) is 12.1 Å². The Morgan fingerprint density at radius 2 is 1.83 bits per heavy atom. The fourth-order valence-electron chi connectivity index (χ4n) is 2.30. The van der Waals surface area contributed by atoms with Crippen molar-refractivity contribution in [1.82, 2.24) is 0 Å². The molecule has 2 aromatic rings. The van der Waals surface area contributed by atoms with Crippen LogP contribution in [0.4, 0.5) is 20.2 Å². The molecule has 0 aliphatic rings. The first kappa shape index (κ1) is 17.8. The second-order valence-corrected chi connectivity index (χ2v) is 7.24. The van der Waals surface area contributed by atoms with Crippen LogP contribution in [0.25, 0.3) is 0 Å². The molecule has 2 aromatic carbocycles. The van der Waals surface area contributed by atoms with Gasteiger partial charge in [0.2, 0.25) is 0 Å². The van der Waals surface area contributed by atoms with Gasteiger partial charge in [0, 0.05) is 19.8 Å². The number of para-hydroxylation sites is 1. The van der Waals surface area contributed by atoms with E-state index in [1.807, 2.05) is 0 Å². The Morgan fingerprint density at radius 1 is 1.17 bits per heavy atom. The summed E-state index contributed by atoms with van der Waals surface area (Å²) in [6, 6.07) is 7.23. The molecule has 0 N–H and O–H groups in total. The predicted molar refractivity (Wildman–Crippen MR) is 84.7 cm³/mol. The zero-order chi connectivity index (χ0) is 18.1. The van der Waals surface area contributed by atoms with E-state index >= 15 is 0 Å². The maximum absolute atomic E-state index is 13.3. The highest BCUT2D eigenvalue weighted by atomic mass is 32.2. The topological polar surface area (TPSA) is 80.5 Å². The third-order valence-corrected chi connectivity index (χ3v) is 4.50. The lowest BCUT2D eigenvalue weighted by Crippen LogP contribution is -2.19. The molecule has 0 aliphatic carbocycles. The van der Waals surface area contributed by atoms with Crippen molar-refractivity contribution in [3.05, 3.63) is 63.7 Å². The molecule has 24 heavy (non-hydrogen) atoms. The molecule has 0 atom stereocenters. The average molecular weight is 356 g/mol. The lowest BCUT2D eigenvalue weighted by atomic mass is 10.2. The molecule has 0 aliphatic heterocycles. The zero-order valence-electron chi connectivity index (χ0n) is 12.9. The van der Waals surface area contributed by atoms with Gasteiger partial charge in [-0.05, 0) is 29.8 Å². The van der Waals surface area contributed by atoms with Gasteiger partial charge in [0.1, 0.15) is 10.6 Å². The molecule has 0 saturated heterocycles. The maximum atomic E-state index is 13.3. The van der Waals surface area contributed by atoms with Crippen LogP contribution in [-0.4, -0.2) is 26.6 Å². The van der Waals surface area contributed by atoms with Crippen LogP contribution in [0.15, 0.2) is 41.3 Å². The van der Waals surface area contributed by atoms with Crippen LogP contribution in [0, 0.1) is 21.7 Å². The van der Waals surface area contributed by atoms with E-state index in [1.54, 1.807) is 0 Å². The van der Waals surface area contributed by atoms with E-state index in [0.717, 1.165) is 24.5 Å². The van der Waals surface area contributed by atoms with E-state index in [-0.39, 0.29) is 12.2 Å². The first-order valence-corrected chi connectivity index (χ1v) is 8.63. The van der Waals surface area contributed by atoms with Crippen molar-refractivity contribution in [2.45, 2.75) is 11.4 Å². The van der Waals surface area contributed by atoms with E-state index in [2.05, 4.69) is 0 Å². The summed E-state index contributed by atoms with van der Waals surface area (Å²) in [6.45, 7) is 0.0330. The Morgan fingerprint density at radius 3 is 2.38 bits per heavy atom. The van der Waals surface area contributed by atoms with Crippen molar-refractivity contribution in [1.29, 1.82) is 0 Å². The SMILES string of the molecule is CN(Cc1ccc(F)c(F)c1)c1cccc(S(C)(=O)=O)c1[N+](=O)[O-]. The standard InChI is InChI=1S/C15H14F2N2O4S/c1-18(9-10-6-7-11(16)12(17)8-10)13-4-3-5-14(24(2,22)23)15(13)19(20)21/h3-8H,9H2,1-2H3. The number of halogens is 2. The van der Waals surface area contributed by atoms with Crippen molar-refractivity contribution < 1.29 is 22.1 Å². The minimum atomic E-state index is -3.80. The van der Waals surface area contributed by atoms with Crippen molar-refractivity contribution in [3.8, 4) is 0 Å². The third-order valence-electron chi connectivity index (χ3n) is 3.37. The summed E-state index contributed by atoms with van der Waals surface area (Å²) in [7, 11) is -2.30. The van der Waals surface area contributed by atoms with E-state index in [9.17, 15) is 27.3 Å². The van der Waals surface area contributed by atoms with Crippen LogP contribution in [0.2, 0.25) is 0 Å². The predicted octanol–water partition coefficient (Wildman–Crippen LogP) is 2.91. The minimum absolute atomic E-state index is 0.0330. The molecule has 9 heteroatoms. The van der Waals surface area contributed by atoms with Gasteiger partial charge in [-0.2, -0.15) is 0 Å². The number of anilines is 1. The maximum Gasteiger partial charge on any atom is 0.311 e. The Labute approximate surface area is 137 Å². The van der Waals surface area contributed by atoms with Crippen LogP contribution < -0.4 is 4.90 Å². The largest absolute Gasteiger partial charge is 0.365 e. The molecule has 0 bridgehead atoms. The Hall–Kier alpha value is -2.55. The molecule has 128 valence electrons. The molecule has 0 heterocycles. The second-order valence-electron chi connectivity index (χ2n) is 5.26. The average Bonchev–Trinajstić information content (AvgIpc) is 2.49. The van der Waals surface area contributed by atoms with E-state index in [4.69, 9.17) is 0 Å². The lowest BCUT2D eigenvalue weighted by molar-refractivity contribution is -0.387. The number of rotatable bonds is 5. The number of nitrogens with zero attached hydrogens (tertiary/aromatic N) is 2. The Balaban J connectivity index is 2.47. The molecule has 2 rings (SSSR count). The monoisotopic (exact) mass is 356 g/mol. The summed E-state index contributed by atoms with van der Waals surface area (Å²) in [4.78, 5) is 11.6. The first-order valence-electron chi connectivity index (χ1n) is 6.74.